The Kier molecular flexibility index (Phi) is 2.55. The van der Waals surface area contributed by atoms with E-state index in [-0.39, 0.29) is 10.6 Å². The van der Waals surface area contributed by atoms with Crippen molar-refractivity contribution in [3.05, 3.63) is 16.3 Å². The minimum absolute atomic E-state index is 0.0875. The van der Waals surface area contributed by atoms with Crippen LogP contribution in [0, 0.1) is 10.1 Å². The van der Waals surface area contributed by atoms with Gasteiger partial charge in [0, 0.05) is 13.1 Å². The van der Waals surface area contributed by atoms with Crippen LogP contribution in [0.1, 0.15) is 6.42 Å². The minimum Gasteiger partial charge on any atom is -0.349 e. The van der Waals surface area contributed by atoms with Crippen LogP contribution in [0.25, 0.3) is 0 Å². The summed E-state index contributed by atoms with van der Waals surface area (Å²) in [5.74, 6) is 0.619. The molecule has 0 unspecified atom stereocenters. The second-order valence-corrected chi connectivity index (χ2v) is 3.46. The van der Waals surface area contributed by atoms with Gasteiger partial charge in [-0.3, -0.25) is 10.1 Å². The Balaban J connectivity index is 2.23. The van der Waals surface area contributed by atoms with Crippen molar-refractivity contribution >= 4 is 11.5 Å². The standard InChI is InChI=1S/C8H13N5O2/c9-2-1-3-11-4-5-12-8(11)7(6-10-12)13(14)15/h6H,1-5,9H2. The van der Waals surface area contributed by atoms with Gasteiger partial charge in [-0.25, -0.2) is 4.68 Å². The molecule has 0 radical (unpaired) electrons. The Hall–Kier alpha value is -1.63. The van der Waals surface area contributed by atoms with E-state index < -0.39 is 0 Å². The fraction of sp³-hybridized carbons (Fsp3) is 0.625. The zero-order valence-electron chi connectivity index (χ0n) is 8.30. The molecule has 2 heterocycles. The van der Waals surface area contributed by atoms with E-state index in [1.54, 1.807) is 4.68 Å². The molecule has 1 aliphatic heterocycles. The topological polar surface area (TPSA) is 90.2 Å². The number of nitrogens with zero attached hydrogens (tertiary/aromatic N) is 4. The summed E-state index contributed by atoms with van der Waals surface area (Å²) in [6, 6.07) is 0. The average Bonchev–Trinajstić information content (AvgIpc) is 2.74. The largest absolute Gasteiger partial charge is 0.349 e. The SMILES string of the molecule is NCCCN1CCn2ncc([N+](=O)[O-])c21. The average molecular weight is 211 g/mol. The molecule has 0 atom stereocenters. The lowest BCUT2D eigenvalue weighted by molar-refractivity contribution is -0.384. The highest BCUT2D eigenvalue weighted by molar-refractivity contribution is 5.59. The van der Waals surface area contributed by atoms with Crippen molar-refractivity contribution in [2.45, 2.75) is 13.0 Å². The summed E-state index contributed by atoms with van der Waals surface area (Å²) in [5.41, 5.74) is 5.50. The summed E-state index contributed by atoms with van der Waals surface area (Å²) in [5, 5.41) is 14.7. The maximum atomic E-state index is 10.7. The van der Waals surface area contributed by atoms with Crippen LogP contribution in [0.3, 0.4) is 0 Å². The number of rotatable bonds is 4. The molecule has 0 aromatic carbocycles. The predicted molar refractivity (Wildman–Crippen MR) is 54.8 cm³/mol. The van der Waals surface area contributed by atoms with E-state index in [0.29, 0.717) is 18.9 Å². The molecule has 2 N–H and O–H groups in total. The molecule has 0 saturated carbocycles. The molecule has 0 spiro atoms. The summed E-state index contributed by atoms with van der Waals surface area (Å²) in [6.45, 7) is 2.85. The van der Waals surface area contributed by atoms with E-state index >= 15 is 0 Å². The van der Waals surface area contributed by atoms with Crippen molar-refractivity contribution in [2.24, 2.45) is 5.73 Å². The van der Waals surface area contributed by atoms with Crippen molar-refractivity contribution in [2.75, 3.05) is 24.5 Å². The third kappa shape index (κ3) is 1.65. The van der Waals surface area contributed by atoms with E-state index in [1.807, 2.05) is 4.90 Å². The third-order valence-electron chi connectivity index (χ3n) is 2.50. The number of anilines is 1. The van der Waals surface area contributed by atoms with Gasteiger partial charge in [-0.05, 0) is 13.0 Å². The molecule has 0 amide bonds. The first-order valence-corrected chi connectivity index (χ1v) is 4.89. The summed E-state index contributed by atoms with van der Waals surface area (Å²) in [6.07, 6.45) is 2.15. The number of aromatic nitrogens is 2. The second kappa shape index (κ2) is 3.85. The molecular formula is C8H13N5O2. The summed E-state index contributed by atoms with van der Waals surface area (Å²) in [4.78, 5) is 12.3. The maximum absolute atomic E-state index is 10.7. The van der Waals surface area contributed by atoms with Crippen LogP contribution < -0.4 is 10.6 Å². The van der Waals surface area contributed by atoms with Gasteiger partial charge >= 0.3 is 5.69 Å². The van der Waals surface area contributed by atoms with Crippen molar-refractivity contribution in [1.82, 2.24) is 9.78 Å². The molecular weight excluding hydrogens is 198 g/mol. The first kappa shape index (κ1) is 9.91. The zero-order valence-corrected chi connectivity index (χ0v) is 8.30. The lowest BCUT2D eigenvalue weighted by Gasteiger charge is -2.15. The number of fused-ring (bicyclic) bond motifs is 1. The van der Waals surface area contributed by atoms with E-state index in [0.717, 1.165) is 19.5 Å². The molecule has 1 aromatic rings. The molecule has 1 aliphatic rings. The molecule has 1 aromatic heterocycles. The molecule has 0 fully saturated rings. The molecule has 7 heteroatoms. The van der Waals surface area contributed by atoms with E-state index in [9.17, 15) is 10.1 Å². The minimum atomic E-state index is -0.389. The van der Waals surface area contributed by atoms with Crippen LogP contribution in [0.4, 0.5) is 11.5 Å². The Bertz CT molecular complexity index is 375. The Morgan fingerprint density at radius 3 is 3.07 bits per heavy atom. The monoisotopic (exact) mass is 211 g/mol. The summed E-state index contributed by atoms with van der Waals surface area (Å²) >= 11 is 0. The second-order valence-electron chi connectivity index (χ2n) is 3.46. The van der Waals surface area contributed by atoms with Crippen LogP contribution in [0.5, 0.6) is 0 Å². The van der Waals surface area contributed by atoms with Crippen molar-refractivity contribution in [1.29, 1.82) is 0 Å². The van der Waals surface area contributed by atoms with Gasteiger partial charge in [-0.2, -0.15) is 5.10 Å². The van der Waals surface area contributed by atoms with Gasteiger partial charge < -0.3 is 10.6 Å². The van der Waals surface area contributed by atoms with Gasteiger partial charge in [-0.1, -0.05) is 0 Å². The van der Waals surface area contributed by atoms with Crippen LogP contribution in [-0.4, -0.2) is 34.3 Å². The quantitative estimate of drug-likeness (QED) is 0.557. The van der Waals surface area contributed by atoms with E-state index in [1.165, 1.54) is 6.20 Å². The first-order chi connectivity index (χ1) is 7.24. The van der Waals surface area contributed by atoms with Gasteiger partial charge in [0.1, 0.15) is 6.20 Å². The summed E-state index contributed by atoms with van der Waals surface area (Å²) < 4.78 is 1.68. The van der Waals surface area contributed by atoms with E-state index in [2.05, 4.69) is 5.10 Å². The van der Waals surface area contributed by atoms with Gasteiger partial charge in [0.2, 0.25) is 5.82 Å². The van der Waals surface area contributed by atoms with Gasteiger partial charge in [-0.15, -0.1) is 0 Å². The highest BCUT2D eigenvalue weighted by atomic mass is 16.6. The number of hydrogen-bond acceptors (Lipinski definition) is 5. The molecule has 0 bridgehead atoms. The lowest BCUT2D eigenvalue weighted by atomic mass is 10.3. The normalized spacial score (nSPS) is 14.3. The van der Waals surface area contributed by atoms with Crippen molar-refractivity contribution < 1.29 is 4.92 Å². The zero-order chi connectivity index (χ0) is 10.8. The number of hydrogen-bond donors (Lipinski definition) is 1. The maximum Gasteiger partial charge on any atom is 0.331 e. The van der Waals surface area contributed by atoms with Crippen molar-refractivity contribution in [3.63, 3.8) is 0 Å². The molecule has 2 rings (SSSR count). The lowest BCUT2D eigenvalue weighted by Crippen LogP contribution is -2.24. The third-order valence-corrected chi connectivity index (χ3v) is 2.50. The van der Waals surface area contributed by atoms with Crippen LogP contribution >= 0.6 is 0 Å². The molecule has 7 nitrogen and oxygen atoms in total. The Labute approximate surface area is 86.6 Å². The first-order valence-electron chi connectivity index (χ1n) is 4.89. The fourth-order valence-corrected chi connectivity index (χ4v) is 1.81. The smallest absolute Gasteiger partial charge is 0.331 e. The van der Waals surface area contributed by atoms with E-state index in [4.69, 9.17) is 5.73 Å². The highest BCUT2D eigenvalue weighted by Gasteiger charge is 2.29. The molecule has 0 saturated heterocycles. The number of nitro groups is 1. The van der Waals surface area contributed by atoms with Gasteiger partial charge in [0.15, 0.2) is 0 Å². The van der Waals surface area contributed by atoms with Crippen LogP contribution in [0.15, 0.2) is 6.20 Å². The molecule has 15 heavy (non-hydrogen) atoms. The number of nitrogens with two attached hydrogens (primary N) is 1. The predicted octanol–water partition coefficient (Wildman–Crippen LogP) is -0.0399. The fourth-order valence-electron chi connectivity index (χ4n) is 1.81. The Morgan fingerprint density at radius 2 is 2.40 bits per heavy atom. The van der Waals surface area contributed by atoms with Gasteiger partial charge in [0.25, 0.3) is 0 Å². The Morgan fingerprint density at radius 1 is 1.60 bits per heavy atom. The molecule has 0 aliphatic carbocycles. The molecule has 82 valence electrons. The summed E-state index contributed by atoms with van der Waals surface area (Å²) in [7, 11) is 0. The van der Waals surface area contributed by atoms with Crippen LogP contribution in [-0.2, 0) is 6.54 Å². The van der Waals surface area contributed by atoms with Gasteiger partial charge in [0.05, 0.1) is 11.5 Å². The van der Waals surface area contributed by atoms with Crippen LogP contribution in [0.2, 0.25) is 0 Å². The van der Waals surface area contributed by atoms with Crippen molar-refractivity contribution in [3.8, 4) is 0 Å². The highest BCUT2D eigenvalue weighted by Crippen LogP contribution is 2.31.